The molecule has 0 fully saturated rings. The molecule has 1 aliphatic carbocycles. The van der Waals surface area contributed by atoms with Gasteiger partial charge in [0.2, 0.25) is 0 Å². The number of hydrogen-bond donors (Lipinski definition) is 1. The lowest BCUT2D eigenvalue weighted by molar-refractivity contribution is 0.626. The molecular weight excluding hydrogens is 329 g/mol. The molecule has 0 radical (unpaired) electrons. The third kappa shape index (κ3) is 3.13. The van der Waals surface area contributed by atoms with Crippen molar-refractivity contribution in [3.63, 3.8) is 0 Å². The van der Waals surface area contributed by atoms with Crippen molar-refractivity contribution in [2.75, 3.05) is 5.32 Å². The summed E-state index contributed by atoms with van der Waals surface area (Å²) in [4.78, 5) is 0. The minimum atomic E-state index is -0.228. The molecule has 0 aromatic heterocycles. The highest BCUT2D eigenvalue weighted by Crippen LogP contribution is 2.30. The minimum Gasteiger partial charge on any atom is -0.375 e. The summed E-state index contributed by atoms with van der Waals surface area (Å²) in [6.07, 6.45) is 4.93. The average molecular weight is 348 g/mol. The first kappa shape index (κ1) is 14.6. The molecule has 0 heterocycles. The molecule has 1 nitrogen and oxygen atoms in total. The van der Waals surface area contributed by atoms with Crippen molar-refractivity contribution >= 4 is 21.6 Å². The van der Waals surface area contributed by atoms with Crippen molar-refractivity contribution in [1.29, 1.82) is 0 Å². The second-order valence-corrected chi connectivity index (χ2v) is 6.55. The van der Waals surface area contributed by atoms with Crippen LogP contribution in [0.25, 0.3) is 0 Å². The molecule has 3 heteroatoms. The molecule has 110 valence electrons. The van der Waals surface area contributed by atoms with Crippen LogP contribution in [0.1, 0.15) is 42.5 Å². The quantitative estimate of drug-likeness (QED) is 0.757. The summed E-state index contributed by atoms with van der Waals surface area (Å²) >= 11 is 3.41. The van der Waals surface area contributed by atoms with Crippen molar-refractivity contribution in [3.05, 3.63) is 63.4 Å². The maximum absolute atomic E-state index is 13.9. The van der Waals surface area contributed by atoms with E-state index in [1.807, 2.05) is 6.07 Å². The van der Waals surface area contributed by atoms with Crippen LogP contribution in [0.3, 0.4) is 0 Å². The Labute approximate surface area is 133 Å². The van der Waals surface area contributed by atoms with Crippen LogP contribution in [0.4, 0.5) is 10.1 Å². The van der Waals surface area contributed by atoms with E-state index in [4.69, 9.17) is 0 Å². The average Bonchev–Trinajstić information content (AvgIpc) is 2.50. The molecular formula is C18H19BrFN. The second-order valence-electron chi connectivity index (χ2n) is 5.70. The van der Waals surface area contributed by atoms with Crippen molar-refractivity contribution in [1.82, 2.24) is 0 Å². The molecule has 2 aromatic rings. The molecule has 2 aromatic carbocycles. The summed E-state index contributed by atoms with van der Waals surface area (Å²) < 4.78 is 14.7. The Balaban J connectivity index is 1.84. The summed E-state index contributed by atoms with van der Waals surface area (Å²) in [6, 6.07) is 11.8. The first-order valence-electron chi connectivity index (χ1n) is 7.47. The lowest BCUT2D eigenvalue weighted by Crippen LogP contribution is -2.10. The van der Waals surface area contributed by atoms with Gasteiger partial charge in [-0.25, -0.2) is 4.39 Å². The van der Waals surface area contributed by atoms with Gasteiger partial charge in [0, 0.05) is 10.5 Å². The molecule has 3 rings (SSSR count). The second kappa shape index (κ2) is 6.18. The van der Waals surface area contributed by atoms with Gasteiger partial charge >= 0.3 is 0 Å². The van der Waals surface area contributed by atoms with E-state index in [1.54, 1.807) is 6.07 Å². The Morgan fingerprint density at radius 1 is 1.10 bits per heavy atom. The molecule has 0 spiro atoms. The number of anilines is 1. The summed E-state index contributed by atoms with van der Waals surface area (Å²) in [5.74, 6) is -0.228. The minimum absolute atomic E-state index is 0.0745. The van der Waals surface area contributed by atoms with E-state index in [0.717, 1.165) is 4.47 Å². The monoisotopic (exact) mass is 347 g/mol. The van der Waals surface area contributed by atoms with Crippen LogP contribution < -0.4 is 5.32 Å². The third-order valence-electron chi connectivity index (χ3n) is 4.20. The van der Waals surface area contributed by atoms with Gasteiger partial charge in [0.25, 0.3) is 0 Å². The van der Waals surface area contributed by atoms with Crippen molar-refractivity contribution < 1.29 is 4.39 Å². The number of halogens is 2. The van der Waals surface area contributed by atoms with Crippen LogP contribution in [0.5, 0.6) is 0 Å². The zero-order valence-electron chi connectivity index (χ0n) is 12.1. The van der Waals surface area contributed by atoms with Gasteiger partial charge < -0.3 is 5.32 Å². The lowest BCUT2D eigenvalue weighted by atomic mass is 9.89. The van der Waals surface area contributed by atoms with Crippen molar-refractivity contribution in [2.45, 2.75) is 38.6 Å². The number of rotatable bonds is 3. The smallest absolute Gasteiger partial charge is 0.147 e. The van der Waals surface area contributed by atoms with Crippen LogP contribution >= 0.6 is 15.9 Å². The molecule has 0 bridgehead atoms. The van der Waals surface area contributed by atoms with Crippen LogP contribution in [-0.2, 0) is 12.8 Å². The highest BCUT2D eigenvalue weighted by atomic mass is 79.9. The van der Waals surface area contributed by atoms with Gasteiger partial charge in [-0.15, -0.1) is 0 Å². The summed E-state index contributed by atoms with van der Waals surface area (Å²) in [7, 11) is 0. The third-order valence-corrected chi connectivity index (χ3v) is 4.86. The summed E-state index contributed by atoms with van der Waals surface area (Å²) in [6.45, 7) is 2.07. The van der Waals surface area contributed by atoms with E-state index >= 15 is 0 Å². The Morgan fingerprint density at radius 2 is 1.86 bits per heavy atom. The largest absolute Gasteiger partial charge is 0.375 e. The summed E-state index contributed by atoms with van der Waals surface area (Å²) in [5, 5.41) is 3.28. The Bertz CT molecular complexity index is 633. The van der Waals surface area contributed by atoms with Crippen LogP contribution in [-0.4, -0.2) is 0 Å². The van der Waals surface area contributed by atoms with E-state index < -0.39 is 0 Å². The standard InChI is InChI=1S/C18H19BrFN/c1-12(21-18-16(19)7-4-8-17(18)20)14-10-9-13-5-2-3-6-15(13)11-14/h4,7-12,21H,2-3,5-6H2,1H3. The predicted molar refractivity (Wildman–Crippen MR) is 89.2 cm³/mol. The maximum atomic E-state index is 13.9. The van der Waals surface area contributed by atoms with Gasteiger partial charge in [-0.1, -0.05) is 24.3 Å². The number of hydrogen-bond acceptors (Lipinski definition) is 1. The number of benzene rings is 2. The molecule has 0 saturated carbocycles. The van der Waals surface area contributed by atoms with E-state index in [1.165, 1.54) is 48.4 Å². The number of para-hydroxylation sites is 1. The van der Waals surface area contributed by atoms with Crippen LogP contribution in [0.15, 0.2) is 40.9 Å². The van der Waals surface area contributed by atoms with E-state index in [0.29, 0.717) is 5.69 Å². The first-order valence-corrected chi connectivity index (χ1v) is 8.26. The Kier molecular flexibility index (Phi) is 4.29. The van der Waals surface area contributed by atoms with Gasteiger partial charge in [-0.2, -0.15) is 0 Å². The van der Waals surface area contributed by atoms with E-state index in [-0.39, 0.29) is 11.9 Å². The molecule has 1 N–H and O–H groups in total. The van der Waals surface area contributed by atoms with Gasteiger partial charge in [-0.05, 0) is 77.4 Å². The number of fused-ring (bicyclic) bond motifs is 1. The number of aryl methyl sites for hydroxylation is 2. The van der Waals surface area contributed by atoms with E-state index in [2.05, 4.69) is 46.4 Å². The Morgan fingerprint density at radius 3 is 2.62 bits per heavy atom. The summed E-state index contributed by atoms with van der Waals surface area (Å²) in [5.41, 5.74) is 4.68. The molecule has 1 unspecified atom stereocenters. The zero-order valence-corrected chi connectivity index (χ0v) is 13.7. The molecule has 0 saturated heterocycles. The molecule has 0 aliphatic heterocycles. The van der Waals surface area contributed by atoms with Crippen LogP contribution in [0, 0.1) is 5.82 Å². The van der Waals surface area contributed by atoms with Gasteiger partial charge in [-0.3, -0.25) is 0 Å². The topological polar surface area (TPSA) is 12.0 Å². The predicted octanol–water partition coefficient (Wildman–Crippen LogP) is 5.64. The number of nitrogens with one attached hydrogen (secondary N) is 1. The Hall–Kier alpha value is -1.35. The maximum Gasteiger partial charge on any atom is 0.147 e. The van der Waals surface area contributed by atoms with Crippen molar-refractivity contribution in [3.8, 4) is 0 Å². The van der Waals surface area contributed by atoms with Crippen molar-refractivity contribution in [2.24, 2.45) is 0 Å². The normalized spacial score (nSPS) is 15.4. The lowest BCUT2D eigenvalue weighted by Gasteiger charge is -2.21. The fourth-order valence-electron chi connectivity index (χ4n) is 2.96. The molecule has 1 aliphatic rings. The van der Waals surface area contributed by atoms with Gasteiger partial charge in [0.1, 0.15) is 5.82 Å². The zero-order chi connectivity index (χ0) is 14.8. The highest BCUT2D eigenvalue weighted by molar-refractivity contribution is 9.10. The fraction of sp³-hybridized carbons (Fsp3) is 0.333. The van der Waals surface area contributed by atoms with E-state index in [9.17, 15) is 4.39 Å². The first-order chi connectivity index (χ1) is 10.1. The van der Waals surface area contributed by atoms with Crippen LogP contribution in [0.2, 0.25) is 0 Å². The molecule has 21 heavy (non-hydrogen) atoms. The fourth-order valence-corrected chi connectivity index (χ4v) is 3.41. The SMILES string of the molecule is CC(Nc1c(F)cccc1Br)c1ccc2c(c1)CCCC2. The van der Waals surface area contributed by atoms with Gasteiger partial charge in [0.05, 0.1) is 5.69 Å². The molecule has 0 amide bonds. The van der Waals surface area contributed by atoms with Gasteiger partial charge in [0.15, 0.2) is 0 Å². The highest BCUT2D eigenvalue weighted by Gasteiger charge is 2.14. The molecule has 1 atom stereocenters.